The van der Waals surface area contributed by atoms with Crippen LogP contribution in [0.2, 0.25) is 5.02 Å². The van der Waals surface area contributed by atoms with Crippen LogP contribution in [0.4, 0.5) is 5.69 Å². The van der Waals surface area contributed by atoms with Crippen LogP contribution >= 0.6 is 11.6 Å². The molecule has 1 aromatic rings. The molecule has 0 saturated carbocycles. The number of hydrogen-bond acceptors (Lipinski definition) is 3. The van der Waals surface area contributed by atoms with Crippen LogP contribution in [0.25, 0.3) is 0 Å². The zero-order valence-corrected chi connectivity index (χ0v) is 10.0. The summed E-state index contributed by atoms with van der Waals surface area (Å²) in [6.07, 6.45) is 2.21. The van der Waals surface area contributed by atoms with E-state index in [0.717, 1.165) is 37.2 Å². The van der Waals surface area contributed by atoms with Gasteiger partial charge in [-0.2, -0.15) is 0 Å². The summed E-state index contributed by atoms with van der Waals surface area (Å²) >= 11 is 5.98. The summed E-state index contributed by atoms with van der Waals surface area (Å²) in [6.45, 7) is 2.08. The molecule has 2 rings (SSSR count). The Kier molecular flexibility index (Phi) is 3.69. The van der Waals surface area contributed by atoms with E-state index in [2.05, 4.69) is 5.32 Å². The maximum atomic E-state index is 6.27. The maximum absolute atomic E-state index is 6.27. The second-order valence-corrected chi connectivity index (χ2v) is 4.82. The third kappa shape index (κ3) is 2.48. The summed E-state index contributed by atoms with van der Waals surface area (Å²) in [5, 5.41) is 4.04. The lowest BCUT2D eigenvalue weighted by Crippen LogP contribution is -2.34. The van der Waals surface area contributed by atoms with Gasteiger partial charge in [0.2, 0.25) is 0 Å². The molecule has 1 aromatic carbocycles. The number of nitrogens with one attached hydrogen (secondary N) is 1. The van der Waals surface area contributed by atoms with E-state index in [1.165, 1.54) is 0 Å². The molecule has 16 heavy (non-hydrogen) atoms. The Labute approximate surface area is 101 Å². The smallest absolute Gasteiger partial charge is 0.0410 e. The zero-order chi connectivity index (χ0) is 11.5. The van der Waals surface area contributed by atoms with Gasteiger partial charge in [0.25, 0.3) is 0 Å². The minimum absolute atomic E-state index is 0.000741. The van der Waals surface area contributed by atoms with Gasteiger partial charge in [0, 0.05) is 16.8 Å². The van der Waals surface area contributed by atoms with E-state index in [4.69, 9.17) is 23.1 Å². The Hall–Kier alpha value is -0.770. The Balaban J connectivity index is 2.18. The molecule has 1 atom stereocenters. The minimum Gasteiger partial charge on any atom is -0.398 e. The van der Waals surface area contributed by atoms with Gasteiger partial charge in [-0.15, -0.1) is 0 Å². The highest BCUT2D eigenvalue weighted by Crippen LogP contribution is 2.31. The van der Waals surface area contributed by atoms with Crippen molar-refractivity contribution in [3.05, 3.63) is 28.8 Å². The van der Waals surface area contributed by atoms with Crippen molar-refractivity contribution in [2.24, 2.45) is 11.7 Å². The van der Waals surface area contributed by atoms with Gasteiger partial charge in [-0.25, -0.2) is 0 Å². The zero-order valence-electron chi connectivity index (χ0n) is 9.25. The Bertz CT molecular complexity index is 361. The fourth-order valence-corrected chi connectivity index (χ4v) is 2.47. The number of nitrogen functional groups attached to an aromatic ring is 1. The number of benzene rings is 1. The molecule has 0 bridgehead atoms. The first-order chi connectivity index (χ1) is 7.68. The molecule has 0 unspecified atom stereocenters. The highest BCUT2D eigenvalue weighted by atomic mass is 35.5. The number of halogens is 1. The van der Waals surface area contributed by atoms with Gasteiger partial charge in [0.05, 0.1) is 0 Å². The SMILES string of the molecule is Nc1ccc(Cl)cc1[C@H](N)C1CCNCC1. The molecule has 0 spiro atoms. The summed E-state index contributed by atoms with van der Waals surface area (Å²) in [5.41, 5.74) is 13.9. The molecule has 1 fully saturated rings. The van der Waals surface area contributed by atoms with Crippen LogP contribution in [0.15, 0.2) is 18.2 Å². The molecule has 1 aliphatic heterocycles. The first-order valence-electron chi connectivity index (χ1n) is 5.69. The van der Waals surface area contributed by atoms with Crippen molar-refractivity contribution in [3.8, 4) is 0 Å². The molecule has 4 heteroatoms. The van der Waals surface area contributed by atoms with Gasteiger partial charge >= 0.3 is 0 Å². The fourth-order valence-electron chi connectivity index (χ4n) is 2.29. The molecule has 0 aromatic heterocycles. The molecular weight excluding hydrogens is 222 g/mol. The Morgan fingerprint density at radius 3 is 2.69 bits per heavy atom. The van der Waals surface area contributed by atoms with Gasteiger partial charge < -0.3 is 16.8 Å². The highest BCUT2D eigenvalue weighted by Gasteiger charge is 2.23. The lowest BCUT2D eigenvalue weighted by Gasteiger charge is -2.29. The van der Waals surface area contributed by atoms with Crippen molar-refractivity contribution in [3.63, 3.8) is 0 Å². The second kappa shape index (κ2) is 5.04. The van der Waals surface area contributed by atoms with Crippen molar-refractivity contribution < 1.29 is 0 Å². The quantitative estimate of drug-likeness (QED) is 0.691. The van der Waals surface area contributed by atoms with Gasteiger partial charge in [-0.05, 0) is 55.6 Å². The van der Waals surface area contributed by atoms with E-state index >= 15 is 0 Å². The summed E-state index contributed by atoms with van der Waals surface area (Å²) in [4.78, 5) is 0. The van der Waals surface area contributed by atoms with Crippen LogP contribution < -0.4 is 16.8 Å². The number of nitrogens with two attached hydrogens (primary N) is 2. The molecule has 3 nitrogen and oxygen atoms in total. The molecule has 88 valence electrons. The third-order valence-electron chi connectivity index (χ3n) is 3.30. The second-order valence-electron chi connectivity index (χ2n) is 4.39. The predicted molar refractivity (Wildman–Crippen MR) is 68.4 cm³/mol. The monoisotopic (exact) mass is 239 g/mol. The Morgan fingerprint density at radius 2 is 2.00 bits per heavy atom. The van der Waals surface area contributed by atoms with Crippen molar-refractivity contribution in [2.75, 3.05) is 18.8 Å². The minimum atomic E-state index is 0.000741. The topological polar surface area (TPSA) is 64.1 Å². The largest absolute Gasteiger partial charge is 0.398 e. The molecule has 0 radical (unpaired) electrons. The van der Waals surface area contributed by atoms with E-state index in [1.54, 1.807) is 6.07 Å². The van der Waals surface area contributed by atoms with Gasteiger partial charge in [-0.3, -0.25) is 0 Å². The van der Waals surface area contributed by atoms with Gasteiger partial charge in [0.1, 0.15) is 0 Å². The number of piperidine rings is 1. The molecule has 1 heterocycles. The normalized spacial score (nSPS) is 19.6. The number of anilines is 1. The average molecular weight is 240 g/mol. The molecule has 0 aliphatic carbocycles. The van der Waals surface area contributed by atoms with E-state index in [0.29, 0.717) is 10.9 Å². The lowest BCUT2D eigenvalue weighted by atomic mass is 9.86. The molecule has 1 aliphatic rings. The molecule has 5 N–H and O–H groups in total. The average Bonchev–Trinajstić information content (AvgIpc) is 2.32. The first kappa shape index (κ1) is 11.7. The van der Waals surface area contributed by atoms with Crippen LogP contribution in [0.1, 0.15) is 24.4 Å². The molecule has 1 saturated heterocycles. The number of hydrogen-bond donors (Lipinski definition) is 3. The van der Waals surface area contributed by atoms with Gasteiger partial charge in [0.15, 0.2) is 0 Å². The highest BCUT2D eigenvalue weighted by molar-refractivity contribution is 6.30. The predicted octanol–water partition coefficient (Wildman–Crippen LogP) is 1.92. The standard InChI is InChI=1S/C12H18ClN3/c13-9-1-2-11(14)10(7-9)12(15)8-3-5-16-6-4-8/h1-2,7-8,12,16H,3-6,14-15H2/t12-/m1/s1. The fraction of sp³-hybridized carbons (Fsp3) is 0.500. The van der Waals surface area contributed by atoms with Crippen LogP contribution in [0.5, 0.6) is 0 Å². The summed E-state index contributed by atoms with van der Waals surface area (Å²) in [7, 11) is 0. The third-order valence-corrected chi connectivity index (χ3v) is 3.53. The van der Waals surface area contributed by atoms with E-state index in [9.17, 15) is 0 Å². The van der Waals surface area contributed by atoms with Crippen molar-refractivity contribution in [2.45, 2.75) is 18.9 Å². The summed E-state index contributed by atoms with van der Waals surface area (Å²) in [6, 6.07) is 5.53. The molecular formula is C12H18ClN3. The van der Waals surface area contributed by atoms with Crippen LogP contribution in [0.3, 0.4) is 0 Å². The lowest BCUT2D eigenvalue weighted by molar-refractivity contribution is 0.322. The van der Waals surface area contributed by atoms with Crippen LogP contribution in [-0.4, -0.2) is 13.1 Å². The van der Waals surface area contributed by atoms with E-state index in [-0.39, 0.29) is 6.04 Å². The van der Waals surface area contributed by atoms with E-state index < -0.39 is 0 Å². The Morgan fingerprint density at radius 1 is 1.31 bits per heavy atom. The van der Waals surface area contributed by atoms with Crippen molar-refractivity contribution in [1.82, 2.24) is 5.32 Å². The maximum Gasteiger partial charge on any atom is 0.0410 e. The van der Waals surface area contributed by atoms with Gasteiger partial charge in [-0.1, -0.05) is 11.6 Å². The van der Waals surface area contributed by atoms with Crippen LogP contribution in [0, 0.1) is 5.92 Å². The van der Waals surface area contributed by atoms with Crippen molar-refractivity contribution >= 4 is 17.3 Å². The summed E-state index contributed by atoms with van der Waals surface area (Å²) in [5.74, 6) is 0.502. The molecule has 0 amide bonds. The van der Waals surface area contributed by atoms with Crippen LogP contribution in [-0.2, 0) is 0 Å². The first-order valence-corrected chi connectivity index (χ1v) is 6.07. The number of rotatable bonds is 2. The van der Waals surface area contributed by atoms with E-state index in [1.807, 2.05) is 12.1 Å². The van der Waals surface area contributed by atoms with Crippen molar-refractivity contribution in [1.29, 1.82) is 0 Å². The summed E-state index contributed by atoms with van der Waals surface area (Å²) < 4.78 is 0.